The normalized spacial score (nSPS) is 11.1. The number of rotatable bonds is 4. The molecule has 1 N–H and O–H groups in total. The van der Waals surface area contributed by atoms with Gasteiger partial charge >= 0.3 is 0 Å². The van der Waals surface area contributed by atoms with Crippen LogP contribution in [0.3, 0.4) is 0 Å². The first kappa shape index (κ1) is 15.3. The second kappa shape index (κ2) is 7.62. The van der Waals surface area contributed by atoms with Crippen molar-refractivity contribution in [1.29, 1.82) is 0 Å². The first-order valence-corrected chi connectivity index (χ1v) is 6.92. The van der Waals surface area contributed by atoms with Crippen LogP contribution in [0.25, 0.3) is 6.08 Å². The molecule has 0 spiro atoms. The van der Waals surface area contributed by atoms with E-state index in [1.165, 1.54) is 12.3 Å². The fourth-order valence-electron chi connectivity index (χ4n) is 1.59. The Labute approximate surface area is 132 Å². The minimum absolute atomic E-state index is 0.287. The monoisotopic (exact) mass is 318 g/mol. The molecule has 2 rings (SSSR count). The van der Waals surface area contributed by atoms with E-state index in [1.54, 1.807) is 18.2 Å². The maximum absolute atomic E-state index is 11.8. The summed E-state index contributed by atoms with van der Waals surface area (Å²) in [4.78, 5) is 11.8. The Morgan fingerprint density at radius 3 is 2.57 bits per heavy atom. The van der Waals surface area contributed by atoms with Gasteiger partial charge in [-0.3, -0.25) is 4.79 Å². The zero-order chi connectivity index (χ0) is 15.1. The van der Waals surface area contributed by atoms with Gasteiger partial charge in [0, 0.05) is 11.2 Å². The molecule has 5 heteroatoms. The maximum atomic E-state index is 11.8. The summed E-state index contributed by atoms with van der Waals surface area (Å²) in [5, 5.41) is 4.59. The van der Waals surface area contributed by atoms with E-state index >= 15 is 0 Å². The molecule has 0 fully saturated rings. The average Bonchev–Trinajstić information content (AvgIpc) is 2.47. The summed E-state index contributed by atoms with van der Waals surface area (Å²) in [7, 11) is 0. The van der Waals surface area contributed by atoms with Gasteiger partial charge < -0.3 is 0 Å². The Kier molecular flexibility index (Phi) is 5.55. The lowest BCUT2D eigenvalue weighted by molar-refractivity contribution is 0.0955. The van der Waals surface area contributed by atoms with Crippen LogP contribution in [0.15, 0.2) is 59.7 Å². The molecule has 0 atom stereocenters. The van der Waals surface area contributed by atoms with Crippen molar-refractivity contribution in [3.63, 3.8) is 0 Å². The smallest absolute Gasteiger partial charge is 0.267 e. The first-order valence-electron chi connectivity index (χ1n) is 6.17. The molecule has 21 heavy (non-hydrogen) atoms. The number of carbonyl (C=O) groups is 1. The van der Waals surface area contributed by atoms with Crippen molar-refractivity contribution in [2.75, 3.05) is 0 Å². The number of nitrogens with one attached hydrogen (secondary N) is 1. The second-order valence-electron chi connectivity index (χ2n) is 4.11. The summed E-state index contributed by atoms with van der Waals surface area (Å²) in [5.74, 6) is -0.388. The molecule has 0 saturated heterocycles. The van der Waals surface area contributed by atoms with E-state index in [0.29, 0.717) is 10.6 Å². The van der Waals surface area contributed by atoms with Crippen LogP contribution in [0.4, 0.5) is 0 Å². The number of allylic oxidation sites excluding steroid dienone is 1. The van der Waals surface area contributed by atoms with Crippen LogP contribution >= 0.6 is 23.2 Å². The van der Waals surface area contributed by atoms with Crippen molar-refractivity contribution >= 4 is 41.4 Å². The number of hydrogen-bond donors (Lipinski definition) is 1. The van der Waals surface area contributed by atoms with Crippen LogP contribution in [0.1, 0.15) is 15.9 Å². The predicted octanol–water partition coefficient (Wildman–Crippen LogP) is 4.42. The predicted molar refractivity (Wildman–Crippen MR) is 87.9 cm³/mol. The van der Waals surface area contributed by atoms with Crippen molar-refractivity contribution in [2.45, 2.75) is 0 Å². The Bertz CT molecular complexity index is 682. The van der Waals surface area contributed by atoms with Crippen molar-refractivity contribution in [1.82, 2.24) is 5.43 Å². The lowest BCUT2D eigenvalue weighted by Crippen LogP contribution is -2.17. The molecular formula is C16H12Cl2N2O. The van der Waals surface area contributed by atoms with Crippen molar-refractivity contribution in [3.05, 3.63) is 75.8 Å². The third-order valence-electron chi connectivity index (χ3n) is 2.59. The summed E-state index contributed by atoms with van der Waals surface area (Å²) in [5.41, 5.74) is 3.77. The number of hydrazone groups is 1. The van der Waals surface area contributed by atoms with E-state index in [0.717, 1.165) is 5.56 Å². The number of halogens is 2. The molecule has 0 heterocycles. The van der Waals surface area contributed by atoms with Gasteiger partial charge in [0.1, 0.15) is 0 Å². The van der Waals surface area contributed by atoms with Gasteiger partial charge in [0.2, 0.25) is 0 Å². The Balaban J connectivity index is 1.92. The molecule has 0 saturated carbocycles. The Morgan fingerprint density at radius 1 is 1.10 bits per heavy atom. The highest BCUT2D eigenvalue weighted by Crippen LogP contribution is 2.20. The van der Waals surface area contributed by atoms with Gasteiger partial charge in [0.25, 0.3) is 5.91 Å². The zero-order valence-electron chi connectivity index (χ0n) is 11.0. The molecule has 0 aliphatic heterocycles. The van der Waals surface area contributed by atoms with E-state index in [2.05, 4.69) is 10.5 Å². The average molecular weight is 319 g/mol. The standard InChI is InChI=1S/C16H12Cl2N2O/c17-13-8-9-14(15(18)11-13)16(21)20-19-10-4-7-12-5-2-1-3-6-12/h1-11H,(H,20,21)/b7-4+,19-10-. The van der Waals surface area contributed by atoms with Gasteiger partial charge in [-0.05, 0) is 29.8 Å². The highest BCUT2D eigenvalue weighted by molar-refractivity contribution is 6.36. The van der Waals surface area contributed by atoms with Crippen LogP contribution < -0.4 is 5.43 Å². The highest BCUT2D eigenvalue weighted by Gasteiger charge is 2.09. The third-order valence-corrected chi connectivity index (χ3v) is 3.14. The summed E-state index contributed by atoms with van der Waals surface area (Å²) in [6.07, 6.45) is 5.11. The largest absolute Gasteiger partial charge is 0.272 e. The molecule has 0 unspecified atom stereocenters. The molecule has 0 radical (unpaired) electrons. The summed E-state index contributed by atoms with van der Waals surface area (Å²) >= 11 is 11.7. The highest BCUT2D eigenvalue weighted by atomic mass is 35.5. The molecule has 0 bridgehead atoms. The van der Waals surface area contributed by atoms with E-state index in [4.69, 9.17) is 23.2 Å². The van der Waals surface area contributed by atoms with Crippen molar-refractivity contribution in [3.8, 4) is 0 Å². The van der Waals surface area contributed by atoms with E-state index in [9.17, 15) is 4.79 Å². The number of benzene rings is 2. The summed E-state index contributed by atoms with van der Waals surface area (Å²) in [6, 6.07) is 14.4. The topological polar surface area (TPSA) is 41.5 Å². The molecule has 0 aliphatic carbocycles. The quantitative estimate of drug-likeness (QED) is 0.658. The van der Waals surface area contributed by atoms with E-state index < -0.39 is 0 Å². The zero-order valence-corrected chi connectivity index (χ0v) is 12.5. The summed E-state index contributed by atoms with van der Waals surface area (Å²) in [6.45, 7) is 0. The molecule has 1 amide bonds. The number of nitrogens with zero attached hydrogens (tertiary/aromatic N) is 1. The second-order valence-corrected chi connectivity index (χ2v) is 4.96. The van der Waals surface area contributed by atoms with Crippen LogP contribution in [0.2, 0.25) is 10.0 Å². The Hall–Kier alpha value is -2.10. The number of hydrogen-bond acceptors (Lipinski definition) is 2. The number of carbonyl (C=O) groups excluding carboxylic acids is 1. The van der Waals surface area contributed by atoms with Crippen LogP contribution in [0.5, 0.6) is 0 Å². The molecule has 0 aliphatic rings. The van der Waals surface area contributed by atoms with Gasteiger partial charge in [0.05, 0.1) is 10.6 Å². The van der Waals surface area contributed by atoms with E-state index in [1.807, 2.05) is 36.4 Å². The minimum atomic E-state index is -0.388. The van der Waals surface area contributed by atoms with Crippen molar-refractivity contribution in [2.24, 2.45) is 5.10 Å². The fourth-order valence-corrected chi connectivity index (χ4v) is 2.09. The lowest BCUT2D eigenvalue weighted by atomic mass is 10.2. The van der Waals surface area contributed by atoms with Gasteiger partial charge in [-0.25, -0.2) is 5.43 Å². The van der Waals surface area contributed by atoms with Crippen LogP contribution in [-0.4, -0.2) is 12.1 Å². The molecule has 2 aromatic rings. The van der Waals surface area contributed by atoms with Gasteiger partial charge in [0.15, 0.2) is 0 Å². The van der Waals surface area contributed by atoms with Crippen LogP contribution in [-0.2, 0) is 0 Å². The van der Waals surface area contributed by atoms with Crippen LogP contribution in [0, 0.1) is 0 Å². The summed E-state index contributed by atoms with van der Waals surface area (Å²) < 4.78 is 0. The SMILES string of the molecule is O=C(N/N=C\C=C\c1ccccc1)c1ccc(Cl)cc1Cl. The van der Waals surface area contributed by atoms with E-state index in [-0.39, 0.29) is 10.9 Å². The number of amides is 1. The lowest BCUT2D eigenvalue weighted by Gasteiger charge is -2.02. The van der Waals surface area contributed by atoms with Gasteiger partial charge in [-0.15, -0.1) is 0 Å². The third kappa shape index (κ3) is 4.74. The fraction of sp³-hybridized carbons (Fsp3) is 0. The van der Waals surface area contributed by atoms with Gasteiger partial charge in [-0.1, -0.05) is 59.6 Å². The van der Waals surface area contributed by atoms with Gasteiger partial charge in [-0.2, -0.15) is 5.10 Å². The first-order chi connectivity index (χ1) is 10.2. The molecular weight excluding hydrogens is 307 g/mol. The Morgan fingerprint density at radius 2 is 1.86 bits per heavy atom. The maximum Gasteiger partial charge on any atom is 0.272 e. The minimum Gasteiger partial charge on any atom is -0.267 e. The molecule has 3 nitrogen and oxygen atoms in total. The molecule has 106 valence electrons. The molecule has 2 aromatic carbocycles. The molecule has 0 aromatic heterocycles. The van der Waals surface area contributed by atoms with Crippen molar-refractivity contribution < 1.29 is 4.79 Å².